The zero-order chi connectivity index (χ0) is 18.0. The number of pyridine rings is 1. The van der Waals surface area contributed by atoms with E-state index in [1.165, 1.54) is 0 Å². The zero-order valence-corrected chi connectivity index (χ0v) is 14.8. The van der Waals surface area contributed by atoms with Gasteiger partial charge in [0.2, 0.25) is 0 Å². The standard InChI is InChI=1S/C19H18N4OS/c1-23(2)10-14-7-12(3-4-18(14)24)15-8-17(13-5-6-25-11-13)22-19(21)16(15)9-20/h3-8,11,24H,10H2,1-2H3,(H2,21,22). The minimum atomic E-state index is 0.212. The van der Waals surface area contributed by atoms with Gasteiger partial charge in [0.05, 0.1) is 5.69 Å². The maximum absolute atomic E-state index is 10.1. The molecule has 5 nitrogen and oxygen atoms in total. The molecule has 0 amide bonds. The molecule has 0 atom stereocenters. The van der Waals surface area contributed by atoms with Crippen LogP contribution in [0.5, 0.6) is 5.75 Å². The van der Waals surface area contributed by atoms with Crippen LogP contribution in [0.2, 0.25) is 0 Å². The van der Waals surface area contributed by atoms with Gasteiger partial charge in [0.1, 0.15) is 23.2 Å². The van der Waals surface area contributed by atoms with Crippen molar-refractivity contribution in [2.45, 2.75) is 6.54 Å². The topological polar surface area (TPSA) is 86.2 Å². The molecule has 0 fully saturated rings. The normalized spacial score (nSPS) is 10.8. The average Bonchev–Trinajstić information content (AvgIpc) is 3.10. The van der Waals surface area contributed by atoms with Crippen LogP contribution in [-0.4, -0.2) is 29.1 Å². The number of nitrogens with zero attached hydrogens (tertiary/aromatic N) is 3. The lowest BCUT2D eigenvalue weighted by Crippen LogP contribution is -2.10. The SMILES string of the molecule is CN(C)Cc1cc(-c2cc(-c3ccsc3)nc(N)c2C#N)ccc1O. The van der Waals surface area contributed by atoms with Gasteiger partial charge in [0.25, 0.3) is 0 Å². The Morgan fingerprint density at radius 3 is 2.68 bits per heavy atom. The lowest BCUT2D eigenvalue weighted by atomic mass is 9.97. The Labute approximate surface area is 150 Å². The Morgan fingerprint density at radius 1 is 1.24 bits per heavy atom. The van der Waals surface area contributed by atoms with Crippen molar-refractivity contribution in [1.82, 2.24) is 9.88 Å². The molecular weight excluding hydrogens is 332 g/mol. The molecule has 2 aromatic heterocycles. The molecule has 25 heavy (non-hydrogen) atoms. The molecule has 0 unspecified atom stereocenters. The summed E-state index contributed by atoms with van der Waals surface area (Å²) >= 11 is 1.58. The summed E-state index contributed by atoms with van der Waals surface area (Å²) in [7, 11) is 3.87. The lowest BCUT2D eigenvalue weighted by Gasteiger charge is -2.14. The fourth-order valence-electron chi connectivity index (χ4n) is 2.69. The molecule has 3 N–H and O–H groups in total. The molecule has 6 heteroatoms. The smallest absolute Gasteiger partial charge is 0.142 e. The van der Waals surface area contributed by atoms with Crippen LogP contribution < -0.4 is 5.73 Å². The highest BCUT2D eigenvalue weighted by Crippen LogP contribution is 2.34. The van der Waals surface area contributed by atoms with Crippen molar-refractivity contribution in [3.8, 4) is 34.2 Å². The zero-order valence-electron chi connectivity index (χ0n) is 14.0. The Balaban J connectivity index is 2.17. The number of aromatic nitrogens is 1. The molecule has 0 radical (unpaired) electrons. The fraction of sp³-hybridized carbons (Fsp3) is 0.158. The van der Waals surface area contributed by atoms with Crippen LogP contribution in [0, 0.1) is 11.3 Å². The number of phenols is 1. The van der Waals surface area contributed by atoms with E-state index < -0.39 is 0 Å². The molecule has 126 valence electrons. The number of anilines is 1. The second-order valence-corrected chi connectivity index (χ2v) is 6.80. The van der Waals surface area contributed by atoms with Gasteiger partial charge in [-0.15, -0.1) is 0 Å². The van der Waals surface area contributed by atoms with Gasteiger partial charge in [-0.3, -0.25) is 0 Å². The van der Waals surface area contributed by atoms with Crippen molar-refractivity contribution in [3.63, 3.8) is 0 Å². The number of thiophene rings is 1. The predicted octanol–water partition coefficient (Wildman–Crippen LogP) is 3.70. The summed E-state index contributed by atoms with van der Waals surface area (Å²) < 4.78 is 0. The van der Waals surface area contributed by atoms with Gasteiger partial charge in [0.15, 0.2) is 0 Å². The van der Waals surface area contributed by atoms with Crippen molar-refractivity contribution < 1.29 is 5.11 Å². The van der Waals surface area contributed by atoms with Crippen LogP contribution in [0.15, 0.2) is 41.1 Å². The second-order valence-electron chi connectivity index (χ2n) is 6.02. The number of nitrogen functional groups attached to an aromatic ring is 1. The first kappa shape index (κ1) is 17.0. The van der Waals surface area contributed by atoms with Crippen LogP contribution in [0.4, 0.5) is 5.82 Å². The van der Waals surface area contributed by atoms with Crippen LogP contribution in [0.3, 0.4) is 0 Å². The first-order valence-corrected chi connectivity index (χ1v) is 8.64. The van der Waals surface area contributed by atoms with Crippen molar-refractivity contribution in [3.05, 3.63) is 52.2 Å². The highest BCUT2D eigenvalue weighted by molar-refractivity contribution is 7.08. The molecule has 0 aliphatic rings. The Hall–Kier alpha value is -2.88. The van der Waals surface area contributed by atoms with E-state index in [-0.39, 0.29) is 11.6 Å². The van der Waals surface area contributed by atoms with Gasteiger partial charge >= 0.3 is 0 Å². The van der Waals surface area contributed by atoms with E-state index in [2.05, 4.69) is 11.1 Å². The fourth-order valence-corrected chi connectivity index (χ4v) is 3.34. The molecule has 0 spiro atoms. The van der Waals surface area contributed by atoms with Gasteiger partial charge < -0.3 is 15.7 Å². The third-order valence-electron chi connectivity index (χ3n) is 3.85. The molecule has 0 bridgehead atoms. The Kier molecular flexibility index (Phi) is 4.70. The molecule has 1 aromatic carbocycles. The first-order valence-electron chi connectivity index (χ1n) is 7.69. The summed E-state index contributed by atoms with van der Waals surface area (Å²) in [6.07, 6.45) is 0. The van der Waals surface area contributed by atoms with Crippen molar-refractivity contribution >= 4 is 17.2 Å². The van der Waals surface area contributed by atoms with E-state index >= 15 is 0 Å². The highest BCUT2D eigenvalue weighted by atomic mass is 32.1. The summed E-state index contributed by atoms with van der Waals surface area (Å²) in [5, 5.41) is 23.6. The molecule has 0 saturated heterocycles. The molecule has 0 saturated carbocycles. The van der Waals surface area contributed by atoms with Gasteiger partial charge in [-0.05, 0) is 49.3 Å². The Morgan fingerprint density at radius 2 is 2.04 bits per heavy atom. The monoisotopic (exact) mass is 350 g/mol. The van der Waals surface area contributed by atoms with Crippen molar-refractivity contribution in [1.29, 1.82) is 5.26 Å². The minimum Gasteiger partial charge on any atom is -0.508 e. The third-order valence-corrected chi connectivity index (χ3v) is 4.54. The maximum atomic E-state index is 10.1. The lowest BCUT2D eigenvalue weighted by molar-refractivity contribution is 0.386. The summed E-state index contributed by atoms with van der Waals surface area (Å²) in [5.41, 5.74) is 10.4. The number of nitrogens with two attached hydrogens (primary N) is 1. The van der Waals surface area contributed by atoms with E-state index in [4.69, 9.17) is 5.73 Å². The summed E-state index contributed by atoms with van der Waals surface area (Å²) in [6, 6.07) is 11.3. The molecule has 3 aromatic rings. The number of hydrogen-bond donors (Lipinski definition) is 2. The molecule has 0 aliphatic heterocycles. The maximum Gasteiger partial charge on any atom is 0.142 e. The van der Waals surface area contributed by atoms with E-state index in [1.807, 2.05) is 48.0 Å². The number of hydrogen-bond acceptors (Lipinski definition) is 6. The summed E-state index contributed by atoms with van der Waals surface area (Å²) in [5.74, 6) is 0.444. The summed E-state index contributed by atoms with van der Waals surface area (Å²) in [6.45, 7) is 0.597. The van der Waals surface area contributed by atoms with Gasteiger partial charge in [-0.25, -0.2) is 4.98 Å². The molecule has 0 aliphatic carbocycles. The number of aromatic hydroxyl groups is 1. The second kappa shape index (κ2) is 6.93. The van der Waals surface area contributed by atoms with E-state index in [1.54, 1.807) is 23.5 Å². The molecule has 3 rings (SSSR count). The van der Waals surface area contributed by atoms with Crippen LogP contribution in [-0.2, 0) is 6.54 Å². The number of rotatable bonds is 4. The number of phenolic OH excluding ortho intramolecular Hbond substituents is 1. The van der Waals surface area contributed by atoms with E-state index in [0.717, 1.165) is 27.9 Å². The minimum absolute atomic E-state index is 0.212. The third kappa shape index (κ3) is 3.48. The quantitative estimate of drug-likeness (QED) is 0.749. The van der Waals surface area contributed by atoms with E-state index in [0.29, 0.717) is 12.1 Å². The predicted molar refractivity (Wildman–Crippen MR) is 101 cm³/mol. The number of benzene rings is 1. The van der Waals surface area contributed by atoms with Gasteiger partial charge in [0, 0.05) is 28.6 Å². The van der Waals surface area contributed by atoms with Gasteiger partial charge in [-0.2, -0.15) is 16.6 Å². The van der Waals surface area contributed by atoms with Crippen molar-refractivity contribution in [2.75, 3.05) is 19.8 Å². The van der Waals surface area contributed by atoms with Gasteiger partial charge in [-0.1, -0.05) is 6.07 Å². The van der Waals surface area contributed by atoms with Crippen LogP contribution in [0.1, 0.15) is 11.1 Å². The largest absolute Gasteiger partial charge is 0.508 e. The highest BCUT2D eigenvalue weighted by Gasteiger charge is 2.15. The molecule has 2 heterocycles. The Bertz CT molecular complexity index is 943. The van der Waals surface area contributed by atoms with Crippen molar-refractivity contribution in [2.24, 2.45) is 0 Å². The average molecular weight is 350 g/mol. The van der Waals surface area contributed by atoms with Crippen LogP contribution in [0.25, 0.3) is 22.4 Å². The molecular formula is C19H18N4OS. The van der Waals surface area contributed by atoms with E-state index in [9.17, 15) is 10.4 Å². The summed E-state index contributed by atoms with van der Waals surface area (Å²) in [4.78, 5) is 6.34. The first-order chi connectivity index (χ1) is 12.0. The van der Waals surface area contributed by atoms with Crippen LogP contribution >= 0.6 is 11.3 Å². The number of nitriles is 1.